The number of nitrogens with zero attached hydrogens (tertiary/aromatic N) is 6. The predicted octanol–water partition coefficient (Wildman–Crippen LogP) is 1.89. The molecule has 1 unspecified atom stereocenters. The van der Waals surface area contributed by atoms with Crippen molar-refractivity contribution in [3.63, 3.8) is 0 Å². The first-order chi connectivity index (χ1) is 15.2. The Morgan fingerprint density at radius 3 is 2.61 bits per heavy atom. The maximum absolute atomic E-state index is 13.4. The third-order valence-corrected chi connectivity index (χ3v) is 6.32. The van der Waals surface area contributed by atoms with Gasteiger partial charge in [0.1, 0.15) is 0 Å². The van der Waals surface area contributed by atoms with E-state index in [0.29, 0.717) is 24.6 Å². The monoisotopic (exact) mass is 434 g/mol. The summed E-state index contributed by atoms with van der Waals surface area (Å²) in [5.74, 6) is 0.0472. The van der Waals surface area contributed by atoms with Crippen molar-refractivity contribution in [2.24, 2.45) is 0 Å². The van der Waals surface area contributed by atoms with Crippen molar-refractivity contribution in [1.82, 2.24) is 29.0 Å². The molecule has 0 bridgehead atoms. The summed E-state index contributed by atoms with van der Waals surface area (Å²) < 4.78 is 3.28. The fraction of sp³-hybridized carbons (Fsp3) is 0.273. The van der Waals surface area contributed by atoms with Crippen molar-refractivity contribution in [1.29, 1.82) is 0 Å². The fourth-order valence-electron chi connectivity index (χ4n) is 3.97. The SMILES string of the molecule is O=C(C(c1ccccc1)n1cccn1)N1CCN(Cc2cc(=O)n3ccsc3n2)CC1. The first kappa shape index (κ1) is 19.7. The van der Waals surface area contributed by atoms with Gasteiger partial charge in [-0.25, -0.2) is 4.98 Å². The zero-order chi connectivity index (χ0) is 21.2. The molecule has 1 aromatic carbocycles. The van der Waals surface area contributed by atoms with Crippen molar-refractivity contribution in [2.75, 3.05) is 26.2 Å². The Hall–Kier alpha value is -3.30. The summed E-state index contributed by atoms with van der Waals surface area (Å²) in [5, 5.41) is 6.19. The van der Waals surface area contributed by atoms with E-state index in [1.54, 1.807) is 27.5 Å². The third-order valence-electron chi connectivity index (χ3n) is 5.56. The normalized spacial score (nSPS) is 15.9. The van der Waals surface area contributed by atoms with Gasteiger partial charge in [0, 0.05) is 62.8 Å². The van der Waals surface area contributed by atoms with Crippen molar-refractivity contribution >= 4 is 22.2 Å². The van der Waals surface area contributed by atoms with Crippen molar-refractivity contribution in [3.05, 3.63) is 88.0 Å². The topological polar surface area (TPSA) is 75.7 Å². The van der Waals surface area contributed by atoms with Crippen LogP contribution in [0, 0.1) is 0 Å². The van der Waals surface area contributed by atoms with E-state index in [0.717, 1.165) is 24.3 Å². The minimum atomic E-state index is -0.467. The van der Waals surface area contributed by atoms with E-state index < -0.39 is 6.04 Å². The summed E-state index contributed by atoms with van der Waals surface area (Å²) >= 11 is 1.45. The lowest BCUT2D eigenvalue weighted by Gasteiger charge is -2.36. The molecule has 1 fully saturated rings. The minimum Gasteiger partial charge on any atom is -0.338 e. The molecular weight excluding hydrogens is 412 g/mol. The highest BCUT2D eigenvalue weighted by Gasteiger charge is 2.30. The van der Waals surface area contributed by atoms with E-state index in [1.165, 1.54) is 11.3 Å². The van der Waals surface area contributed by atoms with E-state index in [9.17, 15) is 9.59 Å². The highest BCUT2D eigenvalue weighted by molar-refractivity contribution is 7.15. The van der Waals surface area contributed by atoms with Crippen LogP contribution in [0.3, 0.4) is 0 Å². The Morgan fingerprint density at radius 2 is 1.87 bits per heavy atom. The van der Waals surface area contributed by atoms with Crippen LogP contribution in [0.1, 0.15) is 17.3 Å². The molecule has 0 saturated carbocycles. The average molecular weight is 435 g/mol. The number of aromatic nitrogens is 4. The van der Waals surface area contributed by atoms with Crippen LogP contribution < -0.4 is 5.56 Å². The Labute approximate surface area is 183 Å². The first-order valence-electron chi connectivity index (χ1n) is 10.2. The highest BCUT2D eigenvalue weighted by Crippen LogP contribution is 2.21. The van der Waals surface area contributed by atoms with Crippen LogP contribution in [0.2, 0.25) is 0 Å². The third kappa shape index (κ3) is 4.01. The van der Waals surface area contributed by atoms with Crippen LogP contribution >= 0.6 is 11.3 Å². The number of benzene rings is 1. The summed E-state index contributed by atoms with van der Waals surface area (Å²) in [5.41, 5.74) is 1.64. The minimum absolute atomic E-state index is 0.0472. The summed E-state index contributed by atoms with van der Waals surface area (Å²) in [7, 11) is 0. The Morgan fingerprint density at radius 1 is 1.06 bits per heavy atom. The van der Waals surface area contributed by atoms with E-state index in [-0.39, 0.29) is 11.5 Å². The molecule has 4 aromatic rings. The molecule has 1 aliphatic heterocycles. The number of rotatable bonds is 5. The molecule has 0 spiro atoms. The zero-order valence-corrected chi connectivity index (χ0v) is 17.7. The average Bonchev–Trinajstić information content (AvgIpc) is 3.48. The van der Waals surface area contributed by atoms with Gasteiger partial charge in [0.25, 0.3) is 11.5 Å². The van der Waals surface area contributed by atoms with Gasteiger partial charge in [0.15, 0.2) is 11.0 Å². The fourth-order valence-corrected chi connectivity index (χ4v) is 4.71. The van der Waals surface area contributed by atoms with Gasteiger partial charge < -0.3 is 4.90 Å². The van der Waals surface area contributed by atoms with Crippen LogP contribution in [0.25, 0.3) is 4.96 Å². The highest BCUT2D eigenvalue weighted by atomic mass is 32.1. The second kappa shape index (κ2) is 8.44. The summed E-state index contributed by atoms with van der Waals surface area (Å²) in [4.78, 5) is 35.1. The van der Waals surface area contributed by atoms with Crippen LogP contribution in [-0.4, -0.2) is 61.1 Å². The van der Waals surface area contributed by atoms with Gasteiger partial charge in [-0.05, 0) is 11.6 Å². The summed E-state index contributed by atoms with van der Waals surface area (Å²) in [6, 6.07) is 12.7. The standard InChI is InChI=1S/C22H22N6O2S/c29-19-15-18(24-22-27(19)13-14-31-22)16-25-9-11-26(12-10-25)21(30)20(28-8-4-7-23-28)17-5-2-1-3-6-17/h1-8,13-15,20H,9-12,16H2. The molecule has 5 rings (SSSR count). The Bertz CT molecular complexity index is 1230. The van der Waals surface area contributed by atoms with Crippen molar-refractivity contribution in [3.8, 4) is 0 Å². The lowest BCUT2D eigenvalue weighted by molar-refractivity contribution is -0.135. The molecule has 9 heteroatoms. The zero-order valence-electron chi connectivity index (χ0n) is 16.9. The number of carbonyl (C=O) groups excluding carboxylic acids is 1. The number of hydrogen-bond donors (Lipinski definition) is 0. The smallest absolute Gasteiger partial charge is 0.258 e. The van der Waals surface area contributed by atoms with Gasteiger partial charge in [0.2, 0.25) is 0 Å². The number of amides is 1. The predicted molar refractivity (Wildman–Crippen MR) is 118 cm³/mol. The van der Waals surface area contributed by atoms with Gasteiger partial charge in [-0.15, -0.1) is 11.3 Å². The molecule has 1 atom stereocenters. The van der Waals surface area contributed by atoms with Crippen LogP contribution in [0.4, 0.5) is 0 Å². The molecule has 3 aromatic heterocycles. The van der Waals surface area contributed by atoms with E-state index in [1.807, 2.05) is 52.9 Å². The van der Waals surface area contributed by atoms with Gasteiger partial charge in [-0.2, -0.15) is 5.10 Å². The van der Waals surface area contributed by atoms with Crippen molar-refractivity contribution in [2.45, 2.75) is 12.6 Å². The second-order valence-electron chi connectivity index (χ2n) is 7.54. The van der Waals surface area contributed by atoms with E-state index in [4.69, 9.17) is 0 Å². The maximum atomic E-state index is 13.4. The van der Waals surface area contributed by atoms with Crippen LogP contribution in [0.5, 0.6) is 0 Å². The number of carbonyl (C=O) groups is 1. The Balaban J connectivity index is 1.28. The molecule has 8 nitrogen and oxygen atoms in total. The van der Waals surface area contributed by atoms with Gasteiger partial charge in [0.05, 0.1) is 5.69 Å². The van der Waals surface area contributed by atoms with E-state index in [2.05, 4.69) is 15.0 Å². The molecule has 158 valence electrons. The molecule has 1 amide bonds. The molecule has 0 N–H and O–H groups in total. The van der Waals surface area contributed by atoms with Crippen molar-refractivity contribution < 1.29 is 4.79 Å². The van der Waals surface area contributed by atoms with E-state index >= 15 is 0 Å². The summed E-state index contributed by atoms with van der Waals surface area (Å²) in [6.07, 6.45) is 5.27. The van der Waals surface area contributed by atoms with Gasteiger partial charge in [-0.1, -0.05) is 30.3 Å². The molecular formula is C22H22N6O2S. The molecule has 1 aliphatic rings. The lowest BCUT2D eigenvalue weighted by Crippen LogP contribution is -2.50. The number of piperazine rings is 1. The number of fused-ring (bicyclic) bond motifs is 1. The van der Waals surface area contributed by atoms with Crippen LogP contribution in [0.15, 0.2) is 71.2 Å². The lowest BCUT2D eigenvalue weighted by atomic mass is 10.1. The largest absolute Gasteiger partial charge is 0.338 e. The molecule has 31 heavy (non-hydrogen) atoms. The molecule has 0 aliphatic carbocycles. The Kier molecular flexibility index (Phi) is 5.35. The maximum Gasteiger partial charge on any atom is 0.258 e. The molecule has 4 heterocycles. The molecule has 1 saturated heterocycles. The van der Waals surface area contributed by atoms with Gasteiger partial charge >= 0.3 is 0 Å². The van der Waals surface area contributed by atoms with Crippen LogP contribution in [-0.2, 0) is 11.3 Å². The summed E-state index contributed by atoms with van der Waals surface area (Å²) in [6.45, 7) is 3.33. The number of hydrogen-bond acceptors (Lipinski definition) is 6. The quantitative estimate of drug-likeness (QED) is 0.480. The van der Waals surface area contributed by atoms with Gasteiger partial charge in [-0.3, -0.25) is 23.6 Å². The first-order valence-corrected chi connectivity index (χ1v) is 11.1. The number of thiazole rings is 1. The molecule has 0 radical (unpaired) electrons. The second-order valence-corrected chi connectivity index (χ2v) is 8.42.